The van der Waals surface area contributed by atoms with Gasteiger partial charge in [-0.15, -0.1) is 0 Å². The maximum Gasteiger partial charge on any atom is 0.224 e. The summed E-state index contributed by atoms with van der Waals surface area (Å²) in [6, 6.07) is 10.6. The fourth-order valence-corrected chi connectivity index (χ4v) is 4.75. The minimum Gasteiger partial charge on any atom is -0.326 e. The van der Waals surface area contributed by atoms with Crippen LogP contribution in [0.1, 0.15) is 32.1 Å². The Morgan fingerprint density at radius 1 is 1.18 bits per heavy atom. The van der Waals surface area contributed by atoms with Gasteiger partial charge in [-0.3, -0.25) is 9.69 Å². The molecule has 3 rings (SSSR count). The van der Waals surface area contributed by atoms with Crippen molar-refractivity contribution in [2.24, 2.45) is 5.92 Å². The van der Waals surface area contributed by atoms with E-state index in [1.54, 1.807) is 0 Å². The van der Waals surface area contributed by atoms with Gasteiger partial charge in [-0.25, -0.2) is 0 Å². The first-order valence-corrected chi connectivity index (χ1v) is 9.63. The quantitative estimate of drug-likeness (QED) is 0.900. The second-order valence-corrected chi connectivity index (χ2v) is 7.60. The van der Waals surface area contributed by atoms with Crippen LogP contribution in [-0.2, 0) is 4.79 Å². The van der Waals surface area contributed by atoms with Crippen LogP contribution >= 0.6 is 11.8 Å². The van der Waals surface area contributed by atoms with Gasteiger partial charge in [0.25, 0.3) is 0 Å². The number of piperidine rings is 1. The van der Waals surface area contributed by atoms with Crippen molar-refractivity contribution in [1.29, 1.82) is 0 Å². The van der Waals surface area contributed by atoms with E-state index in [1.807, 2.05) is 30.3 Å². The molecule has 1 aromatic rings. The number of para-hydroxylation sites is 1. The first-order chi connectivity index (χ1) is 10.8. The van der Waals surface area contributed by atoms with Crippen LogP contribution in [0.15, 0.2) is 30.3 Å². The van der Waals surface area contributed by atoms with Crippen LogP contribution < -0.4 is 5.32 Å². The highest BCUT2D eigenvalue weighted by Crippen LogP contribution is 2.28. The lowest BCUT2D eigenvalue weighted by atomic mass is 9.91. The molecule has 0 bridgehead atoms. The van der Waals surface area contributed by atoms with E-state index in [0.29, 0.717) is 6.42 Å². The Hall–Kier alpha value is -1.00. The summed E-state index contributed by atoms with van der Waals surface area (Å²) in [5.41, 5.74) is 0.904. The number of hydrogen-bond donors (Lipinski definition) is 1. The molecule has 2 fully saturated rings. The molecule has 1 aromatic carbocycles. The molecule has 2 saturated heterocycles. The van der Waals surface area contributed by atoms with Crippen molar-refractivity contribution >= 4 is 23.4 Å². The highest BCUT2D eigenvalue weighted by molar-refractivity contribution is 7.99. The van der Waals surface area contributed by atoms with Crippen LogP contribution in [0.5, 0.6) is 0 Å². The van der Waals surface area contributed by atoms with E-state index in [-0.39, 0.29) is 5.91 Å². The van der Waals surface area contributed by atoms with E-state index < -0.39 is 0 Å². The Labute approximate surface area is 137 Å². The van der Waals surface area contributed by atoms with Crippen molar-refractivity contribution in [2.45, 2.75) is 38.1 Å². The number of nitrogens with one attached hydrogen (secondary N) is 1. The lowest BCUT2D eigenvalue weighted by molar-refractivity contribution is -0.116. The van der Waals surface area contributed by atoms with Gasteiger partial charge < -0.3 is 5.32 Å². The summed E-state index contributed by atoms with van der Waals surface area (Å²) in [6.07, 6.45) is 5.58. The van der Waals surface area contributed by atoms with Crippen molar-refractivity contribution in [3.05, 3.63) is 30.3 Å². The van der Waals surface area contributed by atoms with Crippen molar-refractivity contribution in [1.82, 2.24) is 4.90 Å². The van der Waals surface area contributed by atoms with Crippen LogP contribution in [0.4, 0.5) is 5.69 Å². The summed E-state index contributed by atoms with van der Waals surface area (Å²) in [4.78, 5) is 14.7. The van der Waals surface area contributed by atoms with E-state index >= 15 is 0 Å². The van der Waals surface area contributed by atoms with Crippen molar-refractivity contribution in [3.63, 3.8) is 0 Å². The molecule has 2 aliphatic rings. The van der Waals surface area contributed by atoms with Crippen LogP contribution in [0.25, 0.3) is 0 Å². The van der Waals surface area contributed by atoms with Crippen LogP contribution in [0, 0.1) is 5.92 Å². The first-order valence-electron chi connectivity index (χ1n) is 8.48. The summed E-state index contributed by atoms with van der Waals surface area (Å²) in [7, 11) is 0. The van der Waals surface area contributed by atoms with Gasteiger partial charge in [0.05, 0.1) is 0 Å². The molecule has 0 saturated carbocycles. The smallest absolute Gasteiger partial charge is 0.224 e. The Kier molecular flexibility index (Phi) is 5.79. The minimum atomic E-state index is 0.154. The monoisotopic (exact) mass is 318 g/mol. The molecular formula is C18H26N2OS. The standard InChI is InChI=1S/C18H26N2OS/c21-18(19-16-4-2-1-3-5-16)7-6-15-8-11-20(12-9-15)17-10-13-22-14-17/h1-5,15,17H,6-14H2,(H,19,21). The summed E-state index contributed by atoms with van der Waals surface area (Å²) in [5.74, 6) is 3.54. The van der Waals surface area contributed by atoms with Gasteiger partial charge in [-0.1, -0.05) is 18.2 Å². The normalized spacial score (nSPS) is 23.5. The average molecular weight is 318 g/mol. The lowest BCUT2D eigenvalue weighted by Gasteiger charge is -2.35. The number of rotatable bonds is 5. The van der Waals surface area contributed by atoms with E-state index in [0.717, 1.165) is 24.1 Å². The maximum absolute atomic E-state index is 12.0. The predicted octanol–water partition coefficient (Wildman–Crippen LogP) is 3.62. The molecule has 1 N–H and O–H groups in total. The lowest BCUT2D eigenvalue weighted by Crippen LogP contribution is -2.41. The molecule has 1 amide bonds. The highest BCUT2D eigenvalue weighted by atomic mass is 32.2. The number of benzene rings is 1. The zero-order chi connectivity index (χ0) is 15.2. The van der Waals surface area contributed by atoms with E-state index in [4.69, 9.17) is 0 Å². The van der Waals surface area contributed by atoms with Crippen LogP contribution in [-0.4, -0.2) is 41.4 Å². The van der Waals surface area contributed by atoms with E-state index in [2.05, 4.69) is 22.0 Å². The minimum absolute atomic E-state index is 0.154. The number of likely N-dealkylation sites (tertiary alicyclic amines) is 1. The van der Waals surface area contributed by atoms with Gasteiger partial charge in [0.1, 0.15) is 0 Å². The molecule has 0 aromatic heterocycles. The van der Waals surface area contributed by atoms with Crippen LogP contribution in [0.3, 0.4) is 0 Å². The molecule has 1 atom stereocenters. The molecule has 1 unspecified atom stereocenters. The largest absolute Gasteiger partial charge is 0.326 e. The number of carbonyl (C=O) groups is 1. The molecular weight excluding hydrogens is 292 g/mol. The third-order valence-electron chi connectivity index (χ3n) is 4.91. The third-order valence-corrected chi connectivity index (χ3v) is 6.05. The molecule has 3 nitrogen and oxygen atoms in total. The molecule has 4 heteroatoms. The fraction of sp³-hybridized carbons (Fsp3) is 0.611. The Balaban J connectivity index is 1.35. The summed E-state index contributed by atoms with van der Waals surface area (Å²) >= 11 is 2.10. The number of nitrogens with zero attached hydrogens (tertiary/aromatic N) is 1. The highest BCUT2D eigenvalue weighted by Gasteiger charge is 2.27. The molecule has 2 aliphatic heterocycles. The number of carbonyl (C=O) groups excluding carboxylic acids is 1. The average Bonchev–Trinajstić information content (AvgIpc) is 3.09. The SMILES string of the molecule is O=C(CCC1CCN(C2CCSC2)CC1)Nc1ccccc1. The van der Waals surface area contributed by atoms with Crippen molar-refractivity contribution in [3.8, 4) is 0 Å². The van der Waals surface area contributed by atoms with Crippen LogP contribution in [0.2, 0.25) is 0 Å². The second-order valence-electron chi connectivity index (χ2n) is 6.45. The fourth-order valence-electron chi connectivity index (χ4n) is 3.50. The van der Waals surface area contributed by atoms with Gasteiger partial charge in [0.2, 0.25) is 5.91 Å². The third kappa shape index (κ3) is 4.50. The predicted molar refractivity (Wildman–Crippen MR) is 94.3 cm³/mol. The van der Waals surface area contributed by atoms with E-state index in [9.17, 15) is 4.79 Å². The number of thioether (sulfide) groups is 1. The Bertz CT molecular complexity index is 465. The van der Waals surface area contributed by atoms with Gasteiger partial charge in [-0.2, -0.15) is 11.8 Å². The summed E-state index contributed by atoms with van der Waals surface area (Å²) < 4.78 is 0. The molecule has 0 aliphatic carbocycles. The summed E-state index contributed by atoms with van der Waals surface area (Å²) in [6.45, 7) is 2.46. The number of amides is 1. The van der Waals surface area contributed by atoms with Gasteiger partial charge in [0, 0.05) is 23.9 Å². The van der Waals surface area contributed by atoms with Gasteiger partial charge in [0.15, 0.2) is 0 Å². The van der Waals surface area contributed by atoms with Gasteiger partial charge in [-0.05, 0) is 62.6 Å². The maximum atomic E-state index is 12.0. The van der Waals surface area contributed by atoms with E-state index in [1.165, 1.54) is 43.9 Å². The first kappa shape index (κ1) is 15.9. The molecule has 120 valence electrons. The molecule has 0 spiro atoms. The van der Waals surface area contributed by atoms with Gasteiger partial charge >= 0.3 is 0 Å². The topological polar surface area (TPSA) is 32.3 Å². The van der Waals surface area contributed by atoms with Crippen molar-refractivity contribution in [2.75, 3.05) is 29.9 Å². The summed E-state index contributed by atoms with van der Waals surface area (Å²) in [5, 5.41) is 2.98. The number of hydrogen-bond acceptors (Lipinski definition) is 3. The molecule has 22 heavy (non-hydrogen) atoms. The zero-order valence-electron chi connectivity index (χ0n) is 13.2. The number of anilines is 1. The molecule has 2 heterocycles. The Morgan fingerprint density at radius 3 is 2.64 bits per heavy atom. The second kappa shape index (κ2) is 8.02. The molecule has 0 radical (unpaired) electrons. The Morgan fingerprint density at radius 2 is 1.95 bits per heavy atom. The van der Waals surface area contributed by atoms with Crippen molar-refractivity contribution < 1.29 is 4.79 Å². The zero-order valence-corrected chi connectivity index (χ0v) is 14.0.